The summed E-state index contributed by atoms with van der Waals surface area (Å²) in [6.45, 7) is 5.28. The number of aryl methyl sites for hydroxylation is 2. The number of halogens is 1. The molecule has 1 amide bonds. The molecule has 138 valence electrons. The van der Waals surface area contributed by atoms with E-state index in [1.807, 2.05) is 38.1 Å². The summed E-state index contributed by atoms with van der Waals surface area (Å²) in [5.74, 6) is -0.0493. The minimum absolute atomic E-state index is 0.0493. The number of carbonyl (C=O) groups excluding carboxylic acids is 1. The first-order chi connectivity index (χ1) is 12.3. The van der Waals surface area contributed by atoms with Gasteiger partial charge in [-0.1, -0.05) is 12.1 Å². The van der Waals surface area contributed by atoms with E-state index in [-0.39, 0.29) is 5.91 Å². The van der Waals surface area contributed by atoms with E-state index in [1.165, 1.54) is 4.31 Å². The van der Waals surface area contributed by atoms with Gasteiger partial charge in [-0.15, -0.1) is 0 Å². The van der Waals surface area contributed by atoms with Gasteiger partial charge in [0, 0.05) is 35.3 Å². The van der Waals surface area contributed by atoms with Crippen LogP contribution in [-0.2, 0) is 10.0 Å². The van der Waals surface area contributed by atoms with Crippen molar-refractivity contribution >= 4 is 38.5 Å². The lowest BCUT2D eigenvalue weighted by Crippen LogP contribution is -2.50. The van der Waals surface area contributed by atoms with Crippen LogP contribution < -0.4 is 0 Å². The van der Waals surface area contributed by atoms with Crippen molar-refractivity contribution in [1.82, 2.24) is 9.21 Å². The van der Waals surface area contributed by atoms with Crippen LogP contribution in [0.15, 0.2) is 47.4 Å². The molecular weight excluding hydrogens is 463 g/mol. The molecule has 5 nitrogen and oxygen atoms in total. The molecule has 2 aromatic carbocycles. The molecule has 1 aliphatic heterocycles. The Morgan fingerprint density at radius 2 is 1.65 bits per heavy atom. The normalized spacial score (nSPS) is 15.9. The summed E-state index contributed by atoms with van der Waals surface area (Å²) < 4.78 is 28.2. The van der Waals surface area contributed by atoms with Gasteiger partial charge in [0.2, 0.25) is 10.0 Å². The molecule has 0 unspecified atom stereocenters. The van der Waals surface area contributed by atoms with Gasteiger partial charge in [0.1, 0.15) is 0 Å². The van der Waals surface area contributed by atoms with Gasteiger partial charge in [0.25, 0.3) is 5.91 Å². The van der Waals surface area contributed by atoms with Crippen molar-refractivity contribution in [3.63, 3.8) is 0 Å². The number of amides is 1. The van der Waals surface area contributed by atoms with Gasteiger partial charge in [-0.05, 0) is 77.9 Å². The van der Waals surface area contributed by atoms with Crippen LogP contribution in [0.1, 0.15) is 21.5 Å². The molecule has 0 N–H and O–H groups in total. The second-order valence-electron chi connectivity index (χ2n) is 6.45. The lowest BCUT2D eigenvalue weighted by atomic mass is 10.1. The number of sulfonamides is 1. The Kier molecular flexibility index (Phi) is 5.69. The lowest BCUT2D eigenvalue weighted by molar-refractivity contribution is 0.0698. The van der Waals surface area contributed by atoms with Crippen molar-refractivity contribution in [1.29, 1.82) is 0 Å². The maximum Gasteiger partial charge on any atom is 0.253 e. The highest BCUT2D eigenvalue weighted by Crippen LogP contribution is 2.21. The zero-order chi connectivity index (χ0) is 18.9. The molecule has 7 heteroatoms. The first-order valence-electron chi connectivity index (χ1n) is 8.41. The highest BCUT2D eigenvalue weighted by molar-refractivity contribution is 14.1. The van der Waals surface area contributed by atoms with Crippen LogP contribution in [-0.4, -0.2) is 49.7 Å². The number of nitrogens with zero attached hydrogens (tertiary/aromatic N) is 2. The zero-order valence-corrected chi connectivity index (χ0v) is 17.7. The van der Waals surface area contributed by atoms with Gasteiger partial charge in [-0.3, -0.25) is 4.79 Å². The molecule has 26 heavy (non-hydrogen) atoms. The van der Waals surface area contributed by atoms with Crippen LogP contribution in [0.2, 0.25) is 0 Å². The number of carbonyl (C=O) groups is 1. The molecule has 1 saturated heterocycles. The minimum Gasteiger partial charge on any atom is -0.336 e. The highest BCUT2D eigenvalue weighted by atomic mass is 127. The summed E-state index contributed by atoms with van der Waals surface area (Å²) >= 11 is 2.18. The van der Waals surface area contributed by atoms with Gasteiger partial charge in [-0.2, -0.15) is 4.31 Å². The fourth-order valence-corrected chi connectivity index (χ4v) is 5.01. The van der Waals surface area contributed by atoms with Crippen molar-refractivity contribution in [3.05, 3.63) is 62.7 Å². The first-order valence-corrected chi connectivity index (χ1v) is 10.9. The van der Waals surface area contributed by atoms with Gasteiger partial charge >= 0.3 is 0 Å². The van der Waals surface area contributed by atoms with Gasteiger partial charge < -0.3 is 4.90 Å². The van der Waals surface area contributed by atoms with Gasteiger partial charge in [0.05, 0.1) is 4.90 Å². The van der Waals surface area contributed by atoms with Crippen LogP contribution in [0, 0.1) is 17.4 Å². The quantitative estimate of drug-likeness (QED) is 0.630. The standard InChI is InChI=1S/C19H21IN2O3S/c1-14-6-7-18(12-15(14)2)26(24,25)22-10-8-21(9-11-22)19(23)16-4-3-5-17(20)13-16/h3-7,12-13H,8-11H2,1-2H3. The average molecular weight is 484 g/mol. The van der Waals surface area contributed by atoms with Crippen LogP contribution in [0.25, 0.3) is 0 Å². The summed E-state index contributed by atoms with van der Waals surface area (Å²) in [7, 11) is -3.53. The van der Waals surface area contributed by atoms with Crippen LogP contribution in [0.5, 0.6) is 0 Å². The van der Waals surface area contributed by atoms with E-state index >= 15 is 0 Å². The third kappa shape index (κ3) is 3.94. The SMILES string of the molecule is Cc1ccc(S(=O)(=O)N2CCN(C(=O)c3cccc(I)c3)CC2)cc1C. The summed E-state index contributed by atoms with van der Waals surface area (Å²) in [5, 5.41) is 0. The molecule has 0 radical (unpaired) electrons. The Labute approximate surface area is 168 Å². The van der Waals surface area contributed by atoms with Crippen LogP contribution >= 0.6 is 22.6 Å². The summed E-state index contributed by atoms with van der Waals surface area (Å²) in [6, 6.07) is 12.6. The third-order valence-electron chi connectivity index (χ3n) is 4.71. The molecule has 0 aliphatic carbocycles. The largest absolute Gasteiger partial charge is 0.336 e. The smallest absolute Gasteiger partial charge is 0.253 e. The second-order valence-corrected chi connectivity index (χ2v) is 9.64. The Morgan fingerprint density at radius 1 is 0.962 bits per heavy atom. The fraction of sp³-hybridized carbons (Fsp3) is 0.316. The summed E-state index contributed by atoms with van der Waals surface area (Å²) in [6.07, 6.45) is 0. The molecule has 1 heterocycles. The van der Waals surface area contributed by atoms with Crippen molar-refractivity contribution < 1.29 is 13.2 Å². The summed E-state index contributed by atoms with van der Waals surface area (Å²) in [5.41, 5.74) is 2.66. The van der Waals surface area contributed by atoms with E-state index in [4.69, 9.17) is 0 Å². The zero-order valence-electron chi connectivity index (χ0n) is 14.8. The van der Waals surface area contributed by atoms with Gasteiger partial charge in [0.15, 0.2) is 0 Å². The molecule has 0 spiro atoms. The number of rotatable bonds is 3. The number of piperazine rings is 1. The molecule has 0 saturated carbocycles. The van der Waals surface area contributed by atoms with Crippen LogP contribution in [0.4, 0.5) is 0 Å². The molecular formula is C19H21IN2O3S. The maximum atomic E-state index is 12.9. The van der Waals surface area contributed by atoms with Crippen LogP contribution in [0.3, 0.4) is 0 Å². The Balaban J connectivity index is 1.71. The molecule has 1 aliphatic rings. The van der Waals surface area contributed by atoms with Gasteiger partial charge in [-0.25, -0.2) is 8.42 Å². The maximum absolute atomic E-state index is 12.9. The molecule has 0 atom stereocenters. The second kappa shape index (κ2) is 7.66. The molecule has 2 aromatic rings. The van der Waals surface area contributed by atoms with Crippen molar-refractivity contribution in [2.45, 2.75) is 18.7 Å². The van der Waals surface area contributed by atoms with E-state index in [9.17, 15) is 13.2 Å². The fourth-order valence-electron chi connectivity index (χ4n) is 2.96. The predicted molar refractivity (Wildman–Crippen MR) is 110 cm³/mol. The third-order valence-corrected chi connectivity index (χ3v) is 7.28. The topological polar surface area (TPSA) is 57.7 Å². The first kappa shape index (κ1) is 19.3. The Morgan fingerprint density at radius 3 is 2.27 bits per heavy atom. The van der Waals surface area contributed by atoms with E-state index in [1.54, 1.807) is 23.1 Å². The van der Waals surface area contributed by atoms with E-state index < -0.39 is 10.0 Å². The van der Waals surface area contributed by atoms with E-state index in [2.05, 4.69) is 22.6 Å². The number of hydrogen-bond donors (Lipinski definition) is 0. The molecule has 0 bridgehead atoms. The predicted octanol–water partition coefficient (Wildman–Crippen LogP) is 3.05. The Bertz CT molecular complexity index is 936. The number of hydrogen-bond acceptors (Lipinski definition) is 3. The van der Waals surface area contributed by atoms with Crippen molar-refractivity contribution in [2.75, 3.05) is 26.2 Å². The lowest BCUT2D eigenvalue weighted by Gasteiger charge is -2.34. The van der Waals surface area contributed by atoms with E-state index in [0.717, 1.165) is 14.7 Å². The van der Waals surface area contributed by atoms with E-state index in [0.29, 0.717) is 36.6 Å². The monoisotopic (exact) mass is 484 g/mol. The van der Waals surface area contributed by atoms with Crippen molar-refractivity contribution in [2.24, 2.45) is 0 Å². The molecule has 0 aromatic heterocycles. The average Bonchev–Trinajstić information content (AvgIpc) is 2.63. The summed E-state index contributed by atoms with van der Waals surface area (Å²) in [4.78, 5) is 14.7. The highest BCUT2D eigenvalue weighted by Gasteiger charge is 2.30. The molecule has 1 fully saturated rings. The molecule has 3 rings (SSSR count). The minimum atomic E-state index is -3.53. The Hall–Kier alpha value is -1.45. The number of benzene rings is 2. The van der Waals surface area contributed by atoms with Crippen molar-refractivity contribution in [3.8, 4) is 0 Å².